The van der Waals surface area contributed by atoms with Crippen molar-refractivity contribution in [2.45, 2.75) is 31.3 Å². The van der Waals surface area contributed by atoms with E-state index < -0.39 is 6.04 Å². The molecule has 6 nitrogen and oxygen atoms in total. The minimum Gasteiger partial charge on any atom is -0.348 e. The van der Waals surface area contributed by atoms with E-state index in [2.05, 4.69) is 20.6 Å². The molecule has 0 saturated carbocycles. The average molecular weight is 236 g/mol. The van der Waals surface area contributed by atoms with Gasteiger partial charge in [-0.3, -0.25) is 4.79 Å². The number of aromatic amines is 1. The third kappa shape index (κ3) is 3.13. The highest BCUT2D eigenvalue weighted by molar-refractivity contribution is 5.84. The normalized spacial score (nSPS) is 21.1. The summed E-state index contributed by atoms with van der Waals surface area (Å²) in [5, 5.41) is 5.83. The van der Waals surface area contributed by atoms with Crippen LogP contribution in [0.2, 0.25) is 0 Å². The van der Waals surface area contributed by atoms with Gasteiger partial charge in [0.05, 0.1) is 18.4 Å². The van der Waals surface area contributed by atoms with Crippen LogP contribution in [-0.2, 0) is 16.0 Å². The molecule has 2 rings (SSSR count). The third-order valence-corrected chi connectivity index (χ3v) is 2.86. The summed E-state index contributed by atoms with van der Waals surface area (Å²) in [7, 11) is 0. The van der Waals surface area contributed by atoms with Gasteiger partial charge < -0.3 is 20.4 Å². The smallest absolute Gasteiger partial charge is 0.237 e. The van der Waals surface area contributed by atoms with Gasteiger partial charge in [0.25, 0.3) is 0 Å². The van der Waals surface area contributed by atoms with E-state index in [-0.39, 0.29) is 11.9 Å². The number of nitrogens with zero attached hydrogens (tertiary/aromatic N) is 1. The summed E-state index contributed by atoms with van der Waals surface area (Å²) >= 11 is 0. The second-order valence-corrected chi connectivity index (χ2v) is 4.18. The Balaban J connectivity index is 1.86. The van der Waals surface area contributed by atoms with Crippen LogP contribution >= 0.6 is 0 Å². The molecule has 0 aromatic carbocycles. The molecule has 1 aromatic heterocycles. The Labute approximate surface area is 99.2 Å². The number of nitrogens with one attached hydrogen (secondary N) is 3. The van der Waals surface area contributed by atoms with Gasteiger partial charge >= 0.3 is 0 Å². The molecule has 1 aromatic rings. The van der Waals surface area contributed by atoms with Crippen LogP contribution in [0.1, 0.15) is 18.5 Å². The minimum absolute atomic E-state index is 0.0980. The summed E-state index contributed by atoms with van der Waals surface area (Å²) in [6.07, 6.45) is 6.25. The number of hydrogen-bond acceptors (Lipinski definition) is 4. The Hall–Kier alpha value is -1.69. The molecule has 0 aliphatic carbocycles. The van der Waals surface area contributed by atoms with Crippen LogP contribution in [0.4, 0.5) is 0 Å². The van der Waals surface area contributed by atoms with Gasteiger partial charge in [0.2, 0.25) is 5.91 Å². The van der Waals surface area contributed by atoms with E-state index in [9.17, 15) is 9.59 Å². The van der Waals surface area contributed by atoms with Gasteiger partial charge in [-0.25, -0.2) is 4.98 Å². The SMILES string of the molecule is O=C[C@H](Cc1cnc[nH]1)NC(=O)C1CCCN1. The number of H-pyrrole nitrogens is 1. The molecule has 1 amide bonds. The van der Waals surface area contributed by atoms with Crippen molar-refractivity contribution in [3.63, 3.8) is 0 Å². The number of amides is 1. The first kappa shape index (κ1) is 11.8. The summed E-state index contributed by atoms with van der Waals surface area (Å²) in [5.41, 5.74) is 0.835. The largest absolute Gasteiger partial charge is 0.348 e. The zero-order valence-corrected chi connectivity index (χ0v) is 9.48. The summed E-state index contributed by atoms with van der Waals surface area (Å²) in [6, 6.07) is -0.649. The van der Waals surface area contributed by atoms with E-state index >= 15 is 0 Å². The molecular formula is C11H16N4O2. The molecule has 0 bridgehead atoms. The molecule has 17 heavy (non-hydrogen) atoms. The van der Waals surface area contributed by atoms with E-state index in [0.717, 1.165) is 31.4 Å². The van der Waals surface area contributed by atoms with Crippen LogP contribution in [-0.4, -0.2) is 40.8 Å². The first-order valence-electron chi connectivity index (χ1n) is 5.76. The van der Waals surface area contributed by atoms with E-state index in [1.54, 1.807) is 12.5 Å². The predicted octanol–water partition coefficient (Wildman–Crippen LogP) is -0.612. The number of carbonyl (C=O) groups excluding carboxylic acids is 2. The molecule has 2 heterocycles. The van der Waals surface area contributed by atoms with Crippen LogP contribution in [0, 0.1) is 0 Å². The summed E-state index contributed by atoms with van der Waals surface area (Å²) in [5.74, 6) is -0.0980. The monoisotopic (exact) mass is 236 g/mol. The van der Waals surface area contributed by atoms with Gasteiger partial charge in [0, 0.05) is 18.3 Å². The second kappa shape index (κ2) is 5.58. The van der Waals surface area contributed by atoms with E-state index in [0.29, 0.717) is 6.42 Å². The molecule has 1 aliphatic heterocycles. The van der Waals surface area contributed by atoms with Crippen molar-refractivity contribution >= 4 is 12.2 Å². The average Bonchev–Trinajstić information content (AvgIpc) is 3.00. The molecule has 6 heteroatoms. The van der Waals surface area contributed by atoms with Crippen LogP contribution in [0.3, 0.4) is 0 Å². The predicted molar refractivity (Wildman–Crippen MR) is 61.3 cm³/mol. The minimum atomic E-state index is -0.495. The Morgan fingerprint density at radius 1 is 1.71 bits per heavy atom. The molecule has 1 fully saturated rings. The number of rotatable bonds is 5. The number of aldehydes is 1. The van der Waals surface area contributed by atoms with Crippen molar-refractivity contribution in [2.24, 2.45) is 0 Å². The van der Waals surface area contributed by atoms with Crippen molar-refractivity contribution in [1.29, 1.82) is 0 Å². The van der Waals surface area contributed by atoms with Crippen LogP contribution < -0.4 is 10.6 Å². The van der Waals surface area contributed by atoms with Gasteiger partial charge in [-0.15, -0.1) is 0 Å². The first-order chi connectivity index (χ1) is 8.29. The number of hydrogen-bond donors (Lipinski definition) is 3. The van der Waals surface area contributed by atoms with Crippen LogP contribution in [0.15, 0.2) is 12.5 Å². The molecular weight excluding hydrogens is 220 g/mol. The summed E-state index contributed by atoms with van der Waals surface area (Å²) < 4.78 is 0. The van der Waals surface area contributed by atoms with Gasteiger partial charge in [0.1, 0.15) is 6.29 Å². The molecule has 0 radical (unpaired) electrons. The summed E-state index contributed by atoms with van der Waals surface area (Å²) in [6.45, 7) is 0.865. The highest BCUT2D eigenvalue weighted by atomic mass is 16.2. The second-order valence-electron chi connectivity index (χ2n) is 4.18. The van der Waals surface area contributed by atoms with Gasteiger partial charge in [-0.05, 0) is 19.4 Å². The van der Waals surface area contributed by atoms with E-state index in [1.807, 2.05) is 0 Å². The Bertz CT molecular complexity index is 371. The van der Waals surface area contributed by atoms with Gasteiger partial charge in [-0.2, -0.15) is 0 Å². The lowest BCUT2D eigenvalue weighted by atomic mass is 10.1. The number of carbonyl (C=O) groups is 2. The van der Waals surface area contributed by atoms with Crippen molar-refractivity contribution < 1.29 is 9.59 Å². The molecule has 1 saturated heterocycles. The maximum absolute atomic E-state index is 11.8. The standard InChI is InChI=1S/C11H16N4O2/c16-6-9(4-8-5-12-7-14-8)15-11(17)10-2-1-3-13-10/h5-7,9-10,13H,1-4H2,(H,12,14)(H,15,17)/t9-,10?/m0/s1. The van der Waals surface area contributed by atoms with Gasteiger partial charge in [-0.1, -0.05) is 0 Å². The quantitative estimate of drug-likeness (QED) is 0.595. The van der Waals surface area contributed by atoms with Crippen molar-refractivity contribution in [2.75, 3.05) is 6.54 Å². The highest BCUT2D eigenvalue weighted by Crippen LogP contribution is 2.05. The lowest BCUT2D eigenvalue weighted by Gasteiger charge is -2.15. The van der Waals surface area contributed by atoms with Crippen molar-refractivity contribution in [1.82, 2.24) is 20.6 Å². The van der Waals surface area contributed by atoms with Crippen LogP contribution in [0.5, 0.6) is 0 Å². The zero-order valence-electron chi connectivity index (χ0n) is 9.48. The Kier molecular flexibility index (Phi) is 3.87. The highest BCUT2D eigenvalue weighted by Gasteiger charge is 2.24. The fraction of sp³-hybridized carbons (Fsp3) is 0.545. The number of imidazole rings is 1. The molecule has 2 atom stereocenters. The van der Waals surface area contributed by atoms with Crippen LogP contribution in [0.25, 0.3) is 0 Å². The molecule has 0 spiro atoms. The van der Waals surface area contributed by atoms with E-state index in [4.69, 9.17) is 0 Å². The van der Waals surface area contributed by atoms with E-state index in [1.165, 1.54) is 0 Å². The third-order valence-electron chi connectivity index (χ3n) is 2.86. The van der Waals surface area contributed by atoms with Crippen molar-refractivity contribution in [3.8, 4) is 0 Å². The fourth-order valence-electron chi connectivity index (χ4n) is 1.96. The maximum atomic E-state index is 11.8. The molecule has 3 N–H and O–H groups in total. The van der Waals surface area contributed by atoms with Gasteiger partial charge in [0.15, 0.2) is 0 Å². The molecule has 1 aliphatic rings. The Morgan fingerprint density at radius 2 is 2.59 bits per heavy atom. The molecule has 1 unspecified atom stereocenters. The lowest BCUT2D eigenvalue weighted by molar-refractivity contribution is -0.125. The first-order valence-corrected chi connectivity index (χ1v) is 5.76. The lowest BCUT2D eigenvalue weighted by Crippen LogP contribution is -2.46. The topological polar surface area (TPSA) is 86.9 Å². The summed E-state index contributed by atoms with van der Waals surface area (Å²) in [4.78, 5) is 29.5. The fourth-order valence-corrected chi connectivity index (χ4v) is 1.96. The molecule has 92 valence electrons. The van der Waals surface area contributed by atoms with Crippen molar-refractivity contribution in [3.05, 3.63) is 18.2 Å². The zero-order chi connectivity index (χ0) is 12.1. The number of aromatic nitrogens is 2. The Morgan fingerprint density at radius 3 is 3.18 bits per heavy atom. The maximum Gasteiger partial charge on any atom is 0.237 e.